The SMILES string of the molecule is CCCOc1nc(Cc2ccc(Cl)cc2)nc2oc(-c3cc(C)c(OCC(=O)CCC(=O)O)c(C)c3)nc12. The Hall–Kier alpha value is -3.98. The number of ether oxygens (including phenoxy) is 2. The molecule has 0 unspecified atom stereocenters. The van der Waals surface area contributed by atoms with Crippen LogP contribution in [0.3, 0.4) is 0 Å². The zero-order valence-corrected chi connectivity index (χ0v) is 22.2. The lowest BCUT2D eigenvalue weighted by Crippen LogP contribution is -2.13. The van der Waals surface area contributed by atoms with E-state index in [0.717, 1.165) is 23.1 Å². The first-order valence-electron chi connectivity index (χ1n) is 12.3. The van der Waals surface area contributed by atoms with Crippen molar-refractivity contribution in [2.45, 2.75) is 46.5 Å². The van der Waals surface area contributed by atoms with E-state index >= 15 is 0 Å². The molecule has 0 aliphatic heterocycles. The molecule has 1 N–H and O–H groups in total. The van der Waals surface area contributed by atoms with Gasteiger partial charge in [0.25, 0.3) is 5.71 Å². The summed E-state index contributed by atoms with van der Waals surface area (Å²) in [6.07, 6.45) is 0.991. The second-order valence-corrected chi connectivity index (χ2v) is 9.37. The standard InChI is InChI=1S/C28H28ClN3O6/c1-4-11-36-27-24-28(31-22(30-27)14-18-5-7-20(29)8-6-18)38-26(32-24)19-12-16(2)25(17(3)13-19)37-15-21(33)9-10-23(34)35/h5-8,12-13H,4,9-11,14-15H2,1-3H3,(H,34,35). The molecule has 38 heavy (non-hydrogen) atoms. The van der Waals surface area contributed by atoms with Gasteiger partial charge in [-0.15, -0.1) is 0 Å². The number of hydrogen-bond acceptors (Lipinski definition) is 8. The first-order chi connectivity index (χ1) is 18.2. The smallest absolute Gasteiger partial charge is 0.303 e. The van der Waals surface area contributed by atoms with E-state index in [1.54, 1.807) is 0 Å². The fourth-order valence-electron chi connectivity index (χ4n) is 3.90. The van der Waals surface area contributed by atoms with Crippen molar-refractivity contribution in [3.8, 4) is 23.1 Å². The Morgan fingerprint density at radius 1 is 1.00 bits per heavy atom. The number of aromatic nitrogens is 3. The summed E-state index contributed by atoms with van der Waals surface area (Å²) < 4.78 is 17.7. The number of carbonyl (C=O) groups is 2. The molecule has 2 aromatic carbocycles. The normalized spacial score (nSPS) is 11.1. The van der Waals surface area contributed by atoms with Gasteiger partial charge in [-0.3, -0.25) is 9.59 Å². The van der Waals surface area contributed by atoms with Crippen LogP contribution in [-0.4, -0.2) is 45.0 Å². The maximum atomic E-state index is 12.0. The average Bonchev–Trinajstić information content (AvgIpc) is 3.31. The predicted octanol–water partition coefficient (Wildman–Crippen LogP) is 5.75. The Morgan fingerprint density at radius 3 is 2.37 bits per heavy atom. The van der Waals surface area contributed by atoms with Crippen molar-refractivity contribution in [2.75, 3.05) is 13.2 Å². The number of aliphatic carboxylic acids is 1. The topological polar surface area (TPSA) is 125 Å². The van der Waals surface area contributed by atoms with Crippen LogP contribution in [0.2, 0.25) is 5.02 Å². The number of fused-ring (bicyclic) bond motifs is 1. The van der Waals surface area contributed by atoms with Crippen LogP contribution >= 0.6 is 11.6 Å². The molecule has 0 aliphatic carbocycles. The van der Waals surface area contributed by atoms with Crippen LogP contribution in [0.25, 0.3) is 22.7 Å². The molecule has 9 nitrogen and oxygen atoms in total. The summed E-state index contributed by atoms with van der Waals surface area (Å²) >= 11 is 6.01. The van der Waals surface area contributed by atoms with Gasteiger partial charge < -0.3 is 19.0 Å². The molecule has 0 saturated heterocycles. The molecule has 4 rings (SSSR count). The van der Waals surface area contributed by atoms with Gasteiger partial charge in [0.1, 0.15) is 18.2 Å². The average molecular weight is 538 g/mol. The molecule has 0 atom stereocenters. The van der Waals surface area contributed by atoms with Crippen molar-refractivity contribution in [1.29, 1.82) is 0 Å². The van der Waals surface area contributed by atoms with Gasteiger partial charge in [0, 0.05) is 23.4 Å². The van der Waals surface area contributed by atoms with E-state index < -0.39 is 5.97 Å². The van der Waals surface area contributed by atoms with Crippen molar-refractivity contribution >= 4 is 34.6 Å². The van der Waals surface area contributed by atoms with E-state index in [1.807, 2.05) is 57.2 Å². The van der Waals surface area contributed by atoms with Crippen molar-refractivity contribution < 1.29 is 28.6 Å². The molecule has 198 valence electrons. The van der Waals surface area contributed by atoms with Crippen LogP contribution in [0.4, 0.5) is 0 Å². The Kier molecular flexibility index (Phi) is 8.58. The molecule has 10 heteroatoms. The minimum absolute atomic E-state index is 0.0715. The highest BCUT2D eigenvalue weighted by Crippen LogP contribution is 2.33. The molecular formula is C28H28ClN3O6. The summed E-state index contributed by atoms with van der Waals surface area (Å²) in [6, 6.07) is 11.2. The Bertz CT molecular complexity index is 1440. The third-order valence-electron chi connectivity index (χ3n) is 5.69. The van der Waals surface area contributed by atoms with Gasteiger partial charge in [0.15, 0.2) is 11.3 Å². The molecule has 0 amide bonds. The highest BCUT2D eigenvalue weighted by atomic mass is 35.5. The number of carbonyl (C=O) groups excluding carboxylic acids is 1. The van der Waals surface area contributed by atoms with Crippen LogP contribution in [0.1, 0.15) is 48.7 Å². The Labute approximate surface area is 224 Å². The summed E-state index contributed by atoms with van der Waals surface area (Å²) in [4.78, 5) is 36.5. The largest absolute Gasteiger partial charge is 0.485 e. The number of carboxylic acid groups (broad SMARTS) is 1. The maximum Gasteiger partial charge on any atom is 0.303 e. The Morgan fingerprint density at radius 2 is 1.71 bits per heavy atom. The quantitative estimate of drug-likeness (QED) is 0.240. The monoisotopic (exact) mass is 537 g/mol. The predicted molar refractivity (Wildman–Crippen MR) is 142 cm³/mol. The van der Waals surface area contributed by atoms with Gasteiger partial charge in [-0.1, -0.05) is 30.7 Å². The van der Waals surface area contributed by atoms with Gasteiger partial charge in [0.2, 0.25) is 11.8 Å². The number of aryl methyl sites for hydroxylation is 2. The van der Waals surface area contributed by atoms with Crippen molar-refractivity contribution in [2.24, 2.45) is 0 Å². The van der Waals surface area contributed by atoms with Gasteiger partial charge >= 0.3 is 5.97 Å². The lowest BCUT2D eigenvalue weighted by Gasteiger charge is -2.12. The van der Waals surface area contributed by atoms with Crippen LogP contribution in [0.5, 0.6) is 11.6 Å². The minimum atomic E-state index is -1.02. The van der Waals surface area contributed by atoms with E-state index in [9.17, 15) is 9.59 Å². The molecule has 2 aromatic heterocycles. The van der Waals surface area contributed by atoms with Crippen molar-refractivity contribution in [3.63, 3.8) is 0 Å². The number of benzene rings is 2. The molecule has 0 spiro atoms. The number of ketones is 1. The van der Waals surface area contributed by atoms with Gasteiger partial charge in [0.05, 0.1) is 13.0 Å². The Balaban J connectivity index is 1.61. The third-order valence-corrected chi connectivity index (χ3v) is 5.95. The summed E-state index contributed by atoms with van der Waals surface area (Å²) in [5, 5.41) is 9.41. The molecule has 0 fully saturated rings. The minimum Gasteiger partial charge on any atom is -0.485 e. The van der Waals surface area contributed by atoms with E-state index in [2.05, 4.69) is 15.0 Å². The lowest BCUT2D eigenvalue weighted by atomic mass is 10.1. The first-order valence-corrected chi connectivity index (χ1v) is 12.6. The number of oxazole rings is 1. The zero-order valence-electron chi connectivity index (χ0n) is 21.4. The van der Waals surface area contributed by atoms with Gasteiger partial charge in [-0.2, -0.15) is 9.97 Å². The highest BCUT2D eigenvalue weighted by Gasteiger charge is 2.19. The summed E-state index contributed by atoms with van der Waals surface area (Å²) in [5.41, 5.74) is 4.04. The number of carboxylic acids is 1. The van der Waals surface area contributed by atoms with Gasteiger partial charge in [-0.05, 0) is 61.2 Å². The van der Waals surface area contributed by atoms with E-state index in [1.165, 1.54) is 0 Å². The van der Waals surface area contributed by atoms with Crippen LogP contribution in [0, 0.1) is 13.8 Å². The molecule has 0 bridgehead atoms. The maximum absolute atomic E-state index is 12.0. The lowest BCUT2D eigenvalue weighted by molar-refractivity contribution is -0.138. The second-order valence-electron chi connectivity index (χ2n) is 8.93. The molecule has 2 heterocycles. The van der Waals surface area contributed by atoms with Crippen LogP contribution in [0.15, 0.2) is 40.8 Å². The molecular weight excluding hydrogens is 510 g/mol. The van der Waals surface area contributed by atoms with Crippen molar-refractivity contribution in [3.05, 3.63) is 63.9 Å². The van der Waals surface area contributed by atoms with Crippen LogP contribution in [-0.2, 0) is 16.0 Å². The highest BCUT2D eigenvalue weighted by molar-refractivity contribution is 6.30. The fourth-order valence-corrected chi connectivity index (χ4v) is 4.02. The summed E-state index contributed by atoms with van der Waals surface area (Å²) in [5.74, 6) is 0.529. The number of hydrogen-bond donors (Lipinski definition) is 1. The van der Waals surface area contributed by atoms with Crippen LogP contribution < -0.4 is 9.47 Å². The van der Waals surface area contributed by atoms with E-state index in [0.29, 0.717) is 58.2 Å². The molecule has 0 saturated carbocycles. The third kappa shape index (κ3) is 6.66. The number of rotatable bonds is 12. The molecule has 0 radical (unpaired) electrons. The summed E-state index contributed by atoms with van der Waals surface area (Å²) in [6.45, 7) is 6.01. The number of halogens is 1. The van der Waals surface area contributed by atoms with E-state index in [4.69, 9.17) is 30.6 Å². The number of nitrogens with zero attached hydrogens (tertiary/aromatic N) is 3. The van der Waals surface area contributed by atoms with Crippen molar-refractivity contribution in [1.82, 2.24) is 15.0 Å². The van der Waals surface area contributed by atoms with E-state index in [-0.39, 0.29) is 25.2 Å². The molecule has 4 aromatic rings. The zero-order chi connectivity index (χ0) is 27.2. The second kappa shape index (κ2) is 12.0. The fraction of sp³-hybridized carbons (Fsp3) is 0.321. The van der Waals surface area contributed by atoms with Gasteiger partial charge in [-0.25, -0.2) is 4.98 Å². The summed E-state index contributed by atoms with van der Waals surface area (Å²) in [7, 11) is 0. The molecule has 0 aliphatic rings. The number of Topliss-reactive ketones (excluding diaryl/α,β-unsaturated/α-hetero) is 1. The first kappa shape index (κ1) is 27.1.